The third-order valence-corrected chi connectivity index (χ3v) is 6.45. The van der Waals surface area contributed by atoms with Crippen molar-refractivity contribution in [3.63, 3.8) is 0 Å². The van der Waals surface area contributed by atoms with Crippen LogP contribution in [0.3, 0.4) is 0 Å². The molecule has 3 aromatic heterocycles. The van der Waals surface area contributed by atoms with Crippen molar-refractivity contribution in [2.75, 3.05) is 48.9 Å². The van der Waals surface area contributed by atoms with Crippen molar-refractivity contribution in [1.82, 2.24) is 19.9 Å². The lowest BCUT2D eigenvalue weighted by Gasteiger charge is -2.29. The quantitative estimate of drug-likeness (QED) is 0.329. The summed E-state index contributed by atoms with van der Waals surface area (Å²) in [5.41, 5.74) is 1.90. The van der Waals surface area contributed by atoms with Crippen molar-refractivity contribution in [3.05, 3.63) is 60.0 Å². The van der Waals surface area contributed by atoms with E-state index < -0.39 is 11.7 Å². The molecule has 0 radical (unpaired) electrons. The van der Waals surface area contributed by atoms with Crippen LogP contribution in [0.15, 0.2) is 54.4 Å². The normalized spacial score (nSPS) is 13.9. The number of ether oxygens (including phenoxy) is 2. The summed E-state index contributed by atoms with van der Waals surface area (Å²) in [7, 11) is 1.53. The Morgan fingerprint density at radius 1 is 1.00 bits per heavy atom. The second-order valence-corrected chi connectivity index (χ2v) is 8.80. The third-order valence-electron chi connectivity index (χ3n) is 5.62. The van der Waals surface area contributed by atoms with Crippen molar-refractivity contribution in [2.45, 2.75) is 6.18 Å². The van der Waals surface area contributed by atoms with Crippen molar-refractivity contribution < 1.29 is 22.6 Å². The highest BCUT2D eigenvalue weighted by Crippen LogP contribution is 2.40. The number of aromatic nitrogens is 4. The largest absolute Gasteiger partial charge is 0.494 e. The van der Waals surface area contributed by atoms with Gasteiger partial charge in [0, 0.05) is 49.5 Å². The second kappa shape index (κ2) is 10.6. The zero-order valence-corrected chi connectivity index (χ0v) is 20.4. The predicted octanol–water partition coefficient (Wildman–Crippen LogP) is 5.35. The Kier molecular flexibility index (Phi) is 7.06. The van der Waals surface area contributed by atoms with Crippen LogP contribution in [0.25, 0.3) is 10.7 Å². The van der Waals surface area contributed by atoms with E-state index in [1.165, 1.54) is 30.0 Å². The predicted molar refractivity (Wildman–Crippen MR) is 135 cm³/mol. The van der Waals surface area contributed by atoms with Gasteiger partial charge in [0.25, 0.3) is 0 Å². The minimum Gasteiger partial charge on any atom is -0.494 e. The Bertz CT molecular complexity index is 1360. The van der Waals surface area contributed by atoms with Gasteiger partial charge < -0.3 is 25.0 Å². The molecule has 0 amide bonds. The first-order valence-corrected chi connectivity index (χ1v) is 12.1. The summed E-state index contributed by atoms with van der Waals surface area (Å²) in [4.78, 5) is 19.2. The number of hydrogen-bond acceptors (Lipinski definition) is 10. The minimum absolute atomic E-state index is 0.195. The first-order chi connectivity index (χ1) is 17.9. The lowest BCUT2D eigenvalue weighted by Crippen LogP contribution is -2.36. The summed E-state index contributed by atoms with van der Waals surface area (Å²) in [5, 5.41) is 5.87. The van der Waals surface area contributed by atoms with Crippen LogP contribution in [0.5, 0.6) is 5.75 Å². The van der Waals surface area contributed by atoms with Crippen molar-refractivity contribution in [2.24, 2.45) is 0 Å². The minimum atomic E-state index is -4.63. The van der Waals surface area contributed by atoms with Gasteiger partial charge in [0.05, 0.1) is 42.8 Å². The SMILES string of the molecule is COc1cc(N2CCOCC2)ccc1Nc1cc(Nc2ncsc2-c2ncccn2)c(C(F)(F)F)cn1. The summed E-state index contributed by atoms with van der Waals surface area (Å²) >= 11 is 1.22. The first kappa shape index (κ1) is 24.7. The average molecular weight is 530 g/mol. The standard InChI is InChI=1S/C24H22F3N7O2S/c1-35-19-11-15(34-7-9-36-10-8-34)3-4-17(19)32-20-12-18(16(13-30-20)24(25,26)27)33-23-21(37-14-31-23)22-28-5-2-6-29-22/h2-6,11-14H,7-10H2,1H3,(H2,30,32,33). The van der Waals surface area contributed by atoms with E-state index in [0.29, 0.717) is 35.4 Å². The molecule has 13 heteroatoms. The highest BCUT2D eigenvalue weighted by molar-refractivity contribution is 7.13. The number of benzene rings is 1. The fraction of sp³-hybridized carbons (Fsp3) is 0.250. The molecule has 0 bridgehead atoms. The van der Waals surface area contributed by atoms with Gasteiger partial charge in [-0.1, -0.05) is 0 Å². The van der Waals surface area contributed by atoms with Gasteiger partial charge in [0.1, 0.15) is 16.4 Å². The highest BCUT2D eigenvalue weighted by Gasteiger charge is 2.35. The zero-order chi connectivity index (χ0) is 25.8. The van der Waals surface area contributed by atoms with Crippen LogP contribution in [0.1, 0.15) is 5.56 Å². The van der Waals surface area contributed by atoms with Crippen LogP contribution >= 0.6 is 11.3 Å². The van der Waals surface area contributed by atoms with E-state index in [4.69, 9.17) is 9.47 Å². The van der Waals surface area contributed by atoms with E-state index in [1.54, 1.807) is 24.5 Å². The Hall–Kier alpha value is -3.97. The molecule has 0 spiro atoms. The Balaban J connectivity index is 1.45. The van der Waals surface area contributed by atoms with Gasteiger partial charge >= 0.3 is 6.18 Å². The molecular weight excluding hydrogens is 507 g/mol. The number of thiazole rings is 1. The third kappa shape index (κ3) is 5.57. The number of hydrogen-bond donors (Lipinski definition) is 2. The summed E-state index contributed by atoms with van der Waals surface area (Å²) in [5.74, 6) is 1.30. The molecule has 9 nitrogen and oxygen atoms in total. The molecule has 1 aliphatic heterocycles. The van der Waals surface area contributed by atoms with Gasteiger partial charge in [-0.15, -0.1) is 11.3 Å². The van der Waals surface area contributed by atoms with E-state index in [-0.39, 0.29) is 17.3 Å². The fourth-order valence-electron chi connectivity index (χ4n) is 3.83. The first-order valence-electron chi connectivity index (χ1n) is 11.3. The maximum atomic E-state index is 13.8. The molecule has 5 rings (SSSR count). The van der Waals surface area contributed by atoms with Gasteiger partial charge in [-0.3, -0.25) is 0 Å². The molecule has 192 valence electrons. The molecule has 1 aliphatic rings. The molecule has 0 aliphatic carbocycles. The lowest BCUT2D eigenvalue weighted by molar-refractivity contribution is -0.137. The van der Waals surface area contributed by atoms with Crippen LogP contribution in [0.4, 0.5) is 41.9 Å². The monoisotopic (exact) mass is 529 g/mol. The number of pyridine rings is 1. The summed E-state index contributed by atoms with van der Waals surface area (Å²) < 4.78 is 52.4. The van der Waals surface area contributed by atoms with E-state index in [2.05, 4.69) is 35.5 Å². The summed E-state index contributed by atoms with van der Waals surface area (Å²) in [6.07, 6.45) is -0.743. The molecule has 0 saturated carbocycles. The van der Waals surface area contributed by atoms with Crippen LogP contribution < -0.4 is 20.3 Å². The highest BCUT2D eigenvalue weighted by atomic mass is 32.1. The van der Waals surface area contributed by atoms with Gasteiger partial charge in [-0.2, -0.15) is 13.2 Å². The van der Waals surface area contributed by atoms with Gasteiger partial charge in [-0.05, 0) is 18.2 Å². The van der Waals surface area contributed by atoms with Crippen molar-refractivity contribution in [3.8, 4) is 16.5 Å². The molecule has 2 N–H and O–H groups in total. The summed E-state index contributed by atoms with van der Waals surface area (Å²) in [6, 6.07) is 8.54. The van der Waals surface area contributed by atoms with Crippen LogP contribution in [0.2, 0.25) is 0 Å². The van der Waals surface area contributed by atoms with Gasteiger partial charge in [0.15, 0.2) is 11.6 Å². The number of methoxy groups -OCH3 is 1. The molecule has 1 fully saturated rings. The molecule has 0 atom stereocenters. The molecule has 4 heterocycles. The average Bonchev–Trinajstić information content (AvgIpc) is 3.37. The zero-order valence-electron chi connectivity index (χ0n) is 19.6. The molecule has 37 heavy (non-hydrogen) atoms. The van der Waals surface area contributed by atoms with E-state index in [9.17, 15) is 13.2 Å². The Morgan fingerprint density at radius 3 is 2.51 bits per heavy atom. The van der Waals surface area contributed by atoms with E-state index in [1.807, 2.05) is 12.1 Å². The molecule has 1 saturated heterocycles. The number of nitrogens with one attached hydrogen (secondary N) is 2. The number of halogens is 3. The number of morpholine rings is 1. The van der Waals surface area contributed by atoms with Crippen LogP contribution in [-0.2, 0) is 10.9 Å². The van der Waals surface area contributed by atoms with Gasteiger partial charge in [-0.25, -0.2) is 19.9 Å². The fourth-order valence-corrected chi connectivity index (χ4v) is 4.52. The molecule has 1 aromatic carbocycles. The molecular formula is C24H22F3N7O2S. The summed E-state index contributed by atoms with van der Waals surface area (Å²) in [6.45, 7) is 2.81. The van der Waals surface area contributed by atoms with E-state index in [0.717, 1.165) is 25.0 Å². The lowest BCUT2D eigenvalue weighted by atomic mass is 10.2. The maximum absolute atomic E-state index is 13.8. The Morgan fingerprint density at radius 2 is 1.78 bits per heavy atom. The number of alkyl halides is 3. The van der Waals surface area contributed by atoms with Crippen molar-refractivity contribution >= 4 is 40.0 Å². The maximum Gasteiger partial charge on any atom is 0.419 e. The number of nitrogens with zero attached hydrogens (tertiary/aromatic N) is 5. The van der Waals surface area contributed by atoms with Crippen LogP contribution in [0, 0.1) is 0 Å². The smallest absolute Gasteiger partial charge is 0.419 e. The van der Waals surface area contributed by atoms with E-state index >= 15 is 0 Å². The molecule has 0 unspecified atom stereocenters. The van der Waals surface area contributed by atoms with Crippen LogP contribution in [-0.4, -0.2) is 53.3 Å². The molecule has 4 aromatic rings. The topological polar surface area (TPSA) is 97.3 Å². The number of rotatable bonds is 7. The van der Waals surface area contributed by atoms with Gasteiger partial charge in [0.2, 0.25) is 0 Å². The number of anilines is 5. The van der Waals surface area contributed by atoms with Crippen molar-refractivity contribution in [1.29, 1.82) is 0 Å². The Labute approximate surface area is 214 Å². The second-order valence-electron chi connectivity index (χ2n) is 7.95.